The van der Waals surface area contributed by atoms with Crippen LogP contribution >= 0.6 is 0 Å². The van der Waals surface area contributed by atoms with E-state index in [2.05, 4.69) is 56.4 Å². The first kappa shape index (κ1) is 17.2. The van der Waals surface area contributed by atoms with E-state index in [0.29, 0.717) is 6.04 Å². The maximum Gasteiger partial charge on any atom is 0.117 e. The van der Waals surface area contributed by atoms with Crippen LogP contribution in [0, 0.1) is 0 Å². The molecule has 0 amide bonds. The van der Waals surface area contributed by atoms with Crippen molar-refractivity contribution in [1.82, 2.24) is 5.32 Å². The largest absolute Gasteiger partial charge is 0.468 e. The summed E-state index contributed by atoms with van der Waals surface area (Å²) < 4.78 is 11.4. The molecule has 2 heterocycles. The second kappa shape index (κ2) is 7.12. The molecule has 3 nitrogen and oxygen atoms in total. The highest BCUT2D eigenvalue weighted by atomic mass is 16.5. The molecule has 1 N–H and O–H groups in total. The van der Waals surface area contributed by atoms with Crippen molar-refractivity contribution in [3.05, 3.63) is 60.1 Å². The first-order chi connectivity index (χ1) is 11.5. The van der Waals surface area contributed by atoms with Crippen molar-refractivity contribution in [3.63, 3.8) is 0 Å². The third kappa shape index (κ3) is 4.08. The van der Waals surface area contributed by atoms with Crippen LogP contribution in [0.4, 0.5) is 0 Å². The molecule has 1 saturated heterocycles. The number of benzene rings is 1. The molecule has 0 saturated carbocycles. The van der Waals surface area contributed by atoms with Crippen LogP contribution in [0.15, 0.2) is 53.1 Å². The zero-order valence-corrected chi connectivity index (χ0v) is 15.0. The van der Waals surface area contributed by atoms with Crippen LogP contribution in [0.5, 0.6) is 0 Å². The Morgan fingerprint density at radius 1 is 1.12 bits per heavy atom. The smallest absolute Gasteiger partial charge is 0.117 e. The topological polar surface area (TPSA) is 34.4 Å². The molecular weight excluding hydrogens is 298 g/mol. The van der Waals surface area contributed by atoms with Crippen LogP contribution in [0.25, 0.3) is 0 Å². The molecule has 0 radical (unpaired) electrons. The van der Waals surface area contributed by atoms with Crippen LogP contribution in [0.1, 0.15) is 51.4 Å². The predicted octanol–water partition coefficient (Wildman–Crippen LogP) is 4.67. The fourth-order valence-corrected chi connectivity index (χ4v) is 4.15. The second-order valence-corrected chi connectivity index (χ2v) is 7.75. The Morgan fingerprint density at radius 2 is 1.92 bits per heavy atom. The van der Waals surface area contributed by atoms with Crippen molar-refractivity contribution < 1.29 is 9.15 Å². The summed E-state index contributed by atoms with van der Waals surface area (Å²) in [6.07, 6.45) is 4.96. The van der Waals surface area contributed by atoms with Crippen LogP contribution in [0.3, 0.4) is 0 Å². The summed E-state index contributed by atoms with van der Waals surface area (Å²) in [5.74, 6) is 0.989. The Labute approximate surface area is 145 Å². The summed E-state index contributed by atoms with van der Waals surface area (Å²) >= 11 is 0. The van der Waals surface area contributed by atoms with Crippen molar-refractivity contribution >= 4 is 0 Å². The third-order valence-corrected chi connectivity index (χ3v) is 5.13. The van der Waals surface area contributed by atoms with Gasteiger partial charge in [-0.25, -0.2) is 0 Å². The molecule has 3 rings (SSSR count). The lowest BCUT2D eigenvalue weighted by atomic mass is 9.66. The molecule has 1 aliphatic heterocycles. The number of hydrogen-bond donors (Lipinski definition) is 1. The molecule has 1 aliphatic rings. The monoisotopic (exact) mass is 327 g/mol. The van der Waals surface area contributed by atoms with Gasteiger partial charge in [0.2, 0.25) is 0 Å². The van der Waals surface area contributed by atoms with E-state index in [4.69, 9.17) is 9.15 Å². The molecule has 1 fully saturated rings. The maximum atomic E-state index is 6.01. The van der Waals surface area contributed by atoms with E-state index >= 15 is 0 Å². The number of rotatable bonds is 6. The Kier molecular flexibility index (Phi) is 5.12. The highest BCUT2D eigenvalue weighted by molar-refractivity contribution is 5.27. The fourth-order valence-electron chi connectivity index (χ4n) is 4.15. The van der Waals surface area contributed by atoms with Crippen LogP contribution in [-0.2, 0) is 16.7 Å². The predicted molar refractivity (Wildman–Crippen MR) is 97.0 cm³/mol. The lowest BCUT2D eigenvalue weighted by molar-refractivity contribution is -0.0855. The van der Waals surface area contributed by atoms with Crippen LogP contribution in [-0.4, -0.2) is 18.2 Å². The number of furan rings is 1. The molecule has 2 aromatic rings. The van der Waals surface area contributed by atoms with Gasteiger partial charge in [0.05, 0.1) is 18.4 Å². The molecule has 2 atom stereocenters. The van der Waals surface area contributed by atoms with Gasteiger partial charge in [0, 0.05) is 18.1 Å². The van der Waals surface area contributed by atoms with Gasteiger partial charge in [-0.15, -0.1) is 0 Å². The molecule has 1 aromatic carbocycles. The van der Waals surface area contributed by atoms with Crippen LogP contribution < -0.4 is 5.32 Å². The number of nitrogens with one attached hydrogen (secondary N) is 1. The van der Waals surface area contributed by atoms with Crippen molar-refractivity contribution in [2.24, 2.45) is 0 Å². The molecule has 0 aliphatic carbocycles. The highest BCUT2D eigenvalue weighted by Gasteiger charge is 2.42. The third-order valence-electron chi connectivity index (χ3n) is 5.13. The van der Waals surface area contributed by atoms with Crippen molar-refractivity contribution in [3.8, 4) is 0 Å². The van der Waals surface area contributed by atoms with Gasteiger partial charge >= 0.3 is 0 Å². The Morgan fingerprint density at radius 3 is 2.58 bits per heavy atom. The molecule has 1 aromatic heterocycles. The average Bonchev–Trinajstić information content (AvgIpc) is 3.06. The van der Waals surface area contributed by atoms with E-state index in [0.717, 1.165) is 38.2 Å². The number of hydrogen-bond acceptors (Lipinski definition) is 3. The Bertz CT molecular complexity index is 621. The van der Waals surface area contributed by atoms with Gasteiger partial charge in [0.15, 0.2) is 0 Å². The van der Waals surface area contributed by atoms with E-state index in [-0.39, 0.29) is 11.0 Å². The van der Waals surface area contributed by atoms with Gasteiger partial charge in [-0.2, -0.15) is 0 Å². The fraction of sp³-hybridized carbons (Fsp3) is 0.524. The SMILES string of the molecule is CC(CC1(c2ccccc2)CCOC(C)(C)C1)NCc1ccco1. The molecule has 0 bridgehead atoms. The van der Waals surface area contributed by atoms with E-state index in [9.17, 15) is 0 Å². The summed E-state index contributed by atoms with van der Waals surface area (Å²) in [7, 11) is 0. The molecule has 0 spiro atoms. The van der Waals surface area contributed by atoms with E-state index < -0.39 is 0 Å². The van der Waals surface area contributed by atoms with Gasteiger partial charge in [-0.3, -0.25) is 0 Å². The van der Waals surface area contributed by atoms with Crippen molar-refractivity contribution in [2.45, 2.75) is 63.6 Å². The van der Waals surface area contributed by atoms with Gasteiger partial charge < -0.3 is 14.5 Å². The zero-order valence-electron chi connectivity index (χ0n) is 15.0. The van der Waals surface area contributed by atoms with E-state index in [1.54, 1.807) is 6.26 Å². The summed E-state index contributed by atoms with van der Waals surface area (Å²) in [4.78, 5) is 0. The molecule has 2 unspecified atom stereocenters. The van der Waals surface area contributed by atoms with E-state index in [1.807, 2.05) is 12.1 Å². The minimum absolute atomic E-state index is 0.0746. The quantitative estimate of drug-likeness (QED) is 0.837. The molecule has 24 heavy (non-hydrogen) atoms. The van der Waals surface area contributed by atoms with Crippen LogP contribution in [0.2, 0.25) is 0 Å². The highest BCUT2D eigenvalue weighted by Crippen LogP contribution is 2.44. The lowest BCUT2D eigenvalue weighted by Gasteiger charge is -2.46. The lowest BCUT2D eigenvalue weighted by Crippen LogP contribution is -2.47. The van der Waals surface area contributed by atoms with Crippen molar-refractivity contribution in [1.29, 1.82) is 0 Å². The summed E-state index contributed by atoms with van der Waals surface area (Å²) in [6, 6.07) is 15.3. The first-order valence-electron chi connectivity index (χ1n) is 8.94. The van der Waals surface area contributed by atoms with Crippen molar-refractivity contribution in [2.75, 3.05) is 6.61 Å². The van der Waals surface area contributed by atoms with Gasteiger partial charge in [-0.1, -0.05) is 30.3 Å². The van der Waals surface area contributed by atoms with Gasteiger partial charge in [0.1, 0.15) is 5.76 Å². The summed E-state index contributed by atoms with van der Waals surface area (Å²) in [6.45, 7) is 8.30. The minimum Gasteiger partial charge on any atom is -0.468 e. The summed E-state index contributed by atoms with van der Waals surface area (Å²) in [5, 5.41) is 3.62. The molecule has 130 valence electrons. The second-order valence-electron chi connectivity index (χ2n) is 7.75. The average molecular weight is 327 g/mol. The molecule has 3 heteroatoms. The number of ether oxygens (including phenoxy) is 1. The Hall–Kier alpha value is -1.58. The maximum absolute atomic E-state index is 6.01. The first-order valence-corrected chi connectivity index (χ1v) is 8.94. The van der Waals surface area contributed by atoms with Gasteiger partial charge in [0.25, 0.3) is 0 Å². The molecular formula is C21H29NO2. The standard InChI is InChI=1S/C21H29NO2/c1-17(22-15-19-10-7-12-23-19)14-21(18-8-5-4-6-9-18)11-13-24-20(2,3)16-21/h4-10,12,17,22H,11,13-16H2,1-3H3. The summed E-state index contributed by atoms with van der Waals surface area (Å²) in [5.41, 5.74) is 1.53. The Balaban J connectivity index is 1.75. The normalized spacial score (nSPS) is 24.6. The van der Waals surface area contributed by atoms with E-state index in [1.165, 1.54) is 5.56 Å². The van der Waals surface area contributed by atoms with Gasteiger partial charge in [-0.05, 0) is 57.7 Å². The minimum atomic E-state index is -0.0746. The zero-order chi connectivity index (χ0) is 17.0.